The van der Waals surface area contributed by atoms with Crippen molar-refractivity contribution in [1.29, 1.82) is 0 Å². The van der Waals surface area contributed by atoms with Gasteiger partial charge in [-0.05, 0) is 0 Å². The Hall–Kier alpha value is -0.860. The van der Waals surface area contributed by atoms with Gasteiger partial charge in [-0.3, -0.25) is 0 Å². The summed E-state index contributed by atoms with van der Waals surface area (Å²) in [5.41, 5.74) is 0. The molecule has 8 heteroatoms. The van der Waals surface area contributed by atoms with Crippen LogP contribution in [-0.4, -0.2) is 45.1 Å². The van der Waals surface area contributed by atoms with Crippen LogP contribution in [0.3, 0.4) is 0 Å². The van der Waals surface area contributed by atoms with E-state index >= 15 is 0 Å². The van der Waals surface area contributed by atoms with Crippen molar-refractivity contribution in [1.82, 2.24) is 5.32 Å². The summed E-state index contributed by atoms with van der Waals surface area (Å²) < 4.78 is 25.1. The van der Waals surface area contributed by atoms with Gasteiger partial charge in [0.2, 0.25) is 10.0 Å². The molecule has 0 aliphatic rings. The lowest BCUT2D eigenvalue weighted by Crippen LogP contribution is -2.32. The second kappa shape index (κ2) is 5.73. The number of nitrogens with two attached hydrogens (primary N) is 1. The van der Waals surface area contributed by atoms with Crippen LogP contribution < -0.4 is 10.5 Å². The SMILES string of the molecule is NS(=O)(=O)CCNC(=O)OCCO. The summed E-state index contributed by atoms with van der Waals surface area (Å²) in [4.78, 5) is 10.6. The summed E-state index contributed by atoms with van der Waals surface area (Å²) in [6.07, 6.45) is -0.780. The van der Waals surface area contributed by atoms with E-state index < -0.39 is 16.1 Å². The molecule has 0 atom stereocenters. The Bertz CT molecular complexity index is 250. The van der Waals surface area contributed by atoms with E-state index in [9.17, 15) is 13.2 Å². The fourth-order valence-corrected chi connectivity index (χ4v) is 0.871. The van der Waals surface area contributed by atoms with Crippen LogP contribution in [0, 0.1) is 0 Å². The van der Waals surface area contributed by atoms with Crippen molar-refractivity contribution in [3.8, 4) is 0 Å². The Kier molecular flexibility index (Phi) is 5.35. The summed E-state index contributed by atoms with van der Waals surface area (Å²) in [7, 11) is -3.56. The van der Waals surface area contributed by atoms with Crippen molar-refractivity contribution in [3.05, 3.63) is 0 Å². The number of alkyl carbamates (subject to hydrolysis) is 1. The Morgan fingerprint density at radius 1 is 1.54 bits per heavy atom. The Labute approximate surface area is 75.9 Å². The molecule has 0 spiro atoms. The van der Waals surface area contributed by atoms with Crippen molar-refractivity contribution in [2.45, 2.75) is 0 Å². The number of ether oxygens (including phenoxy) is 1. The molecule has 0 rings (SSSR count). The number of nitrogens with one attached hydrogen (secondary N) is 1. The fourth-order valence-electron chi connectivity index (χ4n) is 0.485. The Balaban J connectivity index is 3.49. The second-order valence-electron chi connectivity index (χ2n) is 2.15. The van der Waals surface area contributed by atoms with Crippen LogP contribution in [0.2, 0.25) is 0 Å². The average molecular weight is 212 g/mol. The third-order valence-corrected chi connectivity index (χ3v) is 1.75. The monoisotopic (exact) mass is 212 g/mol. The highest BCUT2D eigenvalue weighted by molar-refractivity contribution is 7.89. The first-order valence-corrected chi connectivity index (χ1v) is 5.19. The van der Waals surface area contributed by atoms with Gasteiger partial charge in [-0.2, -0.15) is 0 Å². The molecule has 0 aliphatic carbocycles. The van der Waals surface area contributed by atoms with Gasteiger partial charge in [-0.1, -0.05) is 0 Å². The molecule has 0 fully saturated rings. The first-order chi connectivity index (χ1) is 5.95. The average Bonchev–Trinajstić information content (AvgIpc) is 1.98. The van der Waals surface area contributed by atoms with Gasteiger partial charge < -0.3 is 15.2 Å². The molecule has 0 bridgehead atoms. The van der Waals surface area contributed by atoms with Crippen LogP contribution in [0.4, 0.5) is 4.79 Å². The van der Waals surface area contributed by atoms with Gasteiger partial charge in [0.1, 0.15) is 6.61 Å². The second-order valence-corrected chi connectivity index (χ2v) is 3.89. The van der Waals surface area contributed by atoms with Gasteiger partial charge in [0.25, 0.3) is 0 Å². The summed E-state index contributed by atoms with van der Waals surface area (Å²) in [6, 6.07) is 0. The number of hydrogen-bond acceptors (Lipinski definition) is 5. The number of aliphatic hydroxyl groups is 1. The molecule has 0 aromatic rings. The molecule has 0 radical (unpaired) electrons. The highest BCUT2D eigenvalue weighted by Gasteiger charge is 2.04. The standard InChI is InChI=1S/C5H12N2O5S/c6-13(10,11)4-1-7-5(9)12-3-2-8/h8H,1-4H2,(H,7,9)(H2,6,10,11). The minimum atomic E-state index is -3.56. The molecule has 0 saturated carbocycles. The van der Waals surface area contributed by atoms with Gasteiger partial charge in [0.05, 0.1) is 12.4 Å². The minimum Gasteiger partial charge on any atom is -0.447 e. The van der Waals surface area contributed by atoms with Crippen LogP contribution in [0.25, 0.3) is 0 Å². The number of rotatable bonds is 5. The first kappa shape index (κ1) is 12.1. The molecule has 0 aliphatic heterocycles. The van der Waals surface area contributed by atoms with E-state index in [4.69, 9.17) is 5.11 Å². The number of amides is 1. The molecule has 1 amide bonds. The minimum absolute atomic E-state index is 0.108. The van der Waals surface area contributed by atoms with E-state index in [0.29, 0.717) is 0 Å². The van der Waals surface area contributed by atoms with Crippen molar-refractivity contribution < 1.29 is 23.1 Å². The van der Waals surface area contributed by atoms with E-state index in [1.165, 1.54) is 0 Å². The molecule has 4 N–H and O–H groups in total. The number of hydrogen-bond donors (Lipinski definition) is 3. The number of primary sulfonamides is 1. The molecule has 0 unspecified atom stereocenters. The molecular formula is C5H12N2O5S. The van der Waals surface area contributed by atoms with Crippen LogP contribution in [0.5, 0.6) is 0 Å². The molecular weight excluding hydrogens is 200 g/mol. The van der Waals surface area contributed by atoms with Crippen LogP contribution in [0.15, 0.2) is 0 Å². The van der Waals surface area contributed by atoms with E-state index in [1.807, 2.05) is 0 Å². The van der Waals surface area contributed by atoms with E-state index in [-0.39, 0.29) is 25.5 Å². The third kappa shape index (κ3) is 9.05. The molecule has 78 valence electrons. The zero-order valence-electron chi connectivity index (χ0n) is 6.89. The van der Waals surface area contributed by atoms with Crippen molar-refractivity contribution in [2.75, 3.05) is 25.5 Å². The van der Waals surface area contributed by atoms with Crippen molar-refractivity contribution in [3.63, 3.8) is 0 Å². The molecule has 13 heavy (non-hydrogen) atoms. The lowest BCUT2D eigenvalue weighted by molar-refractivity contribution is 0.119. The molecule has 0 saturated heterocycles. The fraction of sp³-hybridized carbons (Fsp3) is 0.800. The number of sulfonamides is 1. The van der Waals surface area contributed by atoms with Crippen molar-refractivity contribution in [2.24, 2.45) is 5.14 Å². The maximum absolute atomic E-state index is 10.6. The van der Waals surface area contributed by atoms with Gasteiger partial charge in [-0.15, -0.1) is 0 Å². The van der Waals surface area contributed by atoms with E-state index in [2.05, 4.69) is 15.2 Å². The van der Waals surface area contributed by atoms with Gasteiger partial charge >= 0.3 is 6.09 Å². The van der Waals surface area contributed by atoms with Gasteiger partial charge in [-0.25, -0.2) is 18.4 Å². The van der Waals surface area contributed by atoms with Crippen LogP contribution in [-0.2, 0) is 14.8 Å². The first-order valence-electron chi connectivity index (χ1n) is 3.47. The largest absolute Gasteiger partial charge is 0.447 e. The topological polar surface area (TPSA) is 119 Å². The third-order valence-electron chi connectivity index (χ3n) is 0.980. The van der Waals surface area contributed by atoms with Crippen LogP contribution in [0.1, 0.15) is 0 Å². The van der Waals surface area contributed by atoms with Gasteiger partial charge in [0, 0.05) is 6.54 Å². The normalized spacial score (nSPS) is 10.9. The highest BCUT2D eigenvalue weighted by Crippen LogP contribution is 1.78. The summed E-state index contributed by atoms with van der Waals surface area (Å²) in [6.45, 7) is -0.507. The zero-order chi connectivity index (χ0) is 10.3. The molecule has 7 nitrogen and oxygen atoms in total. The maximum atomic E-state index is 10.6. The summed E-state index contributed by atoms with van der Waals surface area (Å²) in [5.74, 6) is -0.346. The smallest absolute Gasteiger partial charge is 0.407 e. The lowest BCUT2D eigenvalue weighted by atomic mass is 10.7. The number of aliphatic hydroxyl groups excluding tert-OH is 1. The molecule has 0 aromatic heterocycles. The Morgan fingerprint density at radius 2 is 2.15 bits per heavy atom. The molecule has 0 aromatic carbocycles. The van der Waals surface area contributed by atoms with E-state index in [0.717, 1.165) is 0 Å². The number of carbonyl (C=O) groups excluding carboxylic acids is 1. The maximum Gasteiger partial charge on any atom is 0.407 e. The van der Waals surface area contributed by atoms with Crippen molar-refractivity contribution >= 4 is 16.1 Å². The highest BCUT2D eigenvalue weighted by atomic mass is 32.2. The van der Waals surface area contributed by atoms with Crippen LogP contribution >= 0.6 is 0 Å². The molecule has 0 heterocycles. The van der Waals surface area contributed by atoms with Gasteiger partial charge in [0.15, 0.2) is 0 Å². The van der Waals surface area contributed by atoms with E-state index in [1.54, 1.807) is 0 Å². The predicted octanol–water partition coefficient (Wildman–Crippen LogP) is -2.01. The number of carbonyl (C=O) groups is 1. The zero-order valence-corrected chi connectivity index (χ0v) is 7.71. The summed E-state index contributed by atoms with van der Waals surface area (Å²) >= 11 is 0. The lowest BCUT2D eigenvalue weighted by Gasteiger charge is -2.04. The summed E-state index contributed by atoms with van der Waals surface area (Å²) in [5, 5.41) is 15.1. The Morgan fingerprint density at radius 3 is 2.62 bits per heavy atom. The predicted molar refractivity (Wildman–Crippen MR) is 44.4 cm³/mol. The quantitative estimate of drug-likeness (QED) is 0.486.